The molecule has 1 aromatic heterocycles. The maximum Gasteiger partial charge on any atom is 0.130 e. The molecule has 0 aromatic carbocycles. The van der Waals surface area contributed by atoms with Gasteiger partial charge in [-0.2, -0.15) is 0 Å². The number of nitrogens with one attached hydrogen (secondary N) is 1. The average molecular weight is 299 g/mol. The van der Waals surface area contributed by atoms with Gasteiger partial charge in [0, 0.05) is 25.2 Å². The molecule has 1 N–H and O–H groups in total. The van der Waals surface area contributed by atoms with E-state index in [4.69, 9.17) is 0 Å². The van der Waals surface area contributed by atoms with Crippen LogP contribution >= 0.6 is 15.9 Å². The molecule has 2 rings (SSSR count). The highest BCUT2D eigenvalue weighted by atomic mass is 79.9. The predicted molar refractivity (Wildman–Crippen MR) is 73.1 cm³/mol. The van der Waals surface area contributed by atoms with Gasteiger partial charge in [0.05, 0.1) is 0 Å². The fraction of sp³-hybridized carbons (Fsp3) is 0.667. The Kier molecular flexibility index (Phi) is 4.74. The molecule has 0 bridgehead atoms. The smallest absolute Gasteiger partial charge is 0.130 e. The zero-order chi connectivity index (χ0) is 12.1. The van der Waals surface area contributed by atoms with Crippen molar-refractivity contribution in [1.82, 2.24) is 14.9 Å². The van der Waals surface area contributed by atoms with E-state index in [9.17, 15) is 0 Å². The summed E-state index contributed by atoms with van der Waals surface area (Å²) >= 11 is 3.36. The molecule has 5 heteroatoms. The van der Waals surface area contributed by atoms with Crippen LogP contribution in [0.4, 0.5) is 5.82 Å². The third-order valence-corrected chi connectivity index (χ3v) is 3.55. The van der Waals surface area contributed by atoms with E-state index < -0.39 is 0 Å². The number of hydrogen-bond acceptors (Lipinski definition) is 4. The zero-order valence-corrected chi connectivity index (χ0v) is 11.8. The number of halogens is 1. The Morgan fingerprint density at radius 2 is 2.18 bits per heavy atom. The van der Waals surface area contributed by atoms with Crippen LogP contribution < -0.4 is 5.32 Å². The van der Waals surface area contributed by atoms with Gasteiger partial charge >= 0.3 is 0 Å². The van der Waals surface area contributed by atoms with Crippen LogP contribution in [0.25, 0.3) is 0 Å². The van der Waals surface area contributed by atoms with Crippen molar-refractivity contribution >= 4 is 21.7 Å². The maximum atomic E-state index is 4.22. The second kappa shape index (κ2) is 6.31. The molecular weight excluding hydrogens is 280 g/mol. The summed E-state index contributed by atoms with van der Waals surface area (Å²) in [7, 11) is 0. The SMILES string of the molecule is CCCN1CCC(Nc2cc(Br)ncn2)CC1. The minimum atomic E-state index is 0.546. The average Bonchev–Trinajstić information content (AvgIpc) is 2.32. The number of nitrogens with zero attached hydrogens (tertiary/aromatic N) is 3. The summed E-state index contributed by atoms with van der Waals surface area (Å²) in [4.78, 5) is 10.8. The Hall–Kier alpha value is -0.680. The van der Waals surface area contributed by atoms with E-state index in [0.29, 0.717) is 6.04 Å². The third-order valence-electron chi connectivity index (χ3n) is 3.11. The lowest BCUT2D eigenvalue weighted by molar-refractivity contribution is 0.219. The molecule has 1 aliphatic heterocycles. The topological polar surface area (TPSA) is 41.0 Å². The number of rotatable bonds is 4. The Bertz CT molecular complexity index is 350. The maximum absolute atomic E-state index is 4.22. The summed E-state index contributed by atoms with van der Waals surface area (Å²) in [5.74, 6) is 0.917. The van der Waals surface area contributed by atoms with E-state index in [-0.39, 0.29) is 0 Å². The van der Waals surface area contributed by atoms with Crippen molar-refractivity contribution < 1.29 is 0 Å². The van der Waals surface area contributed by atoms with E-state index >= 15 is 0 Å². The summed E-state index contributed by atoms with van der Waals surface area (Å²) in [5.41, 5.74) is 0. The van der Waals surface area contributed by atoms with Gasteiger partial charge in [0.25, 0.3) is 0 Å². The lowest BCUT2D eigenvalue weighted by Gasteiger charge is -2.32. The molecule has 17 heavy (non-hydrogen) atoms. The van der Waals surface area contributed by atoms with Crippen LogP contribution in [0.3, 0.4) is 0 Å². The molecule has 0 saturated carbocycles. The second-order valence-electron chi connectivity index (χ2n) is 4.49. The van der Waals surface area contributed by atoms with Crippen molar-refractivity contribution in [2.45, 2.75) is 32.2 Å². The zero-order valence-electron chi connectivity index (χ0n) is 10.2. The van der Waals surface area contributed by atoms with E-state index in [1.165, 1.54) is 38.9 Å². The number of piperidine rings is 1. The first kappa shape index (κ1) is 12.8. The minimum absolute atomic E-state index is 0.546. The first-order valence-electron chi connectivity index (χ1n) is 6.24. The van der Waals surface area contributed by atoms with Gasteiger partial charge in [-0.1, -0.05) is 6.92 Å². The van der Waals surface area contributed by atoms with Gasteiger partial charge in [0.15, 0.2) is 0 Å². The molecule has 1 saturated heterocycles. The van der Waals surface area contributed by atoms with Crippen LogP contribution in [0.1, 0.15) is 26.2 Å². The van der Waals surface area contributed by atoms with Gasteiger partial charge in [0.2, 0.25) is 0 Å². The Labute approximate surface area is 111 Å². The summed E-state index contributed by atoms with van der Waals surface area (Å²) in [6, 6.07) is 2.48. The predicted octanol–water partition coefficient (Wildman–Crippen LogP) is 2.53. The molecule has 1 aromatic rings. The second-order valence-corrected chi connectivity index (χ2v) is 5.30. The summed E-state index contributed by atoms with van der Waals surface area (Å²) in [6.07, 6.45) is 5.22. The molecule has 0 aliphatic carbocycles. The molecule has 0 unspecified atom stereocenters. The van der Waals surface area contributed by atoms with Gasteiger partial charge in [-0.3, -0.25) is 0 Å². The minimum Gasteiger partial charge on any atom is -0.367 e. The number of hydrogen-bond donors (Lipinski definition) is 1. The molecule has 4 nitrogen and oxygen atoms in total. The highest BCUT2D eigenvalue weighted by molar-refractivity contribution is 9.10. The van der Waals surface area contributed by atoms with Gasteiger partial charge < -0.3 is 10.2 Å². The Morgan fingerprint density at radius 3 is 2.82 bits per heavy atom. The van der Waals surface area contributed by atoms with Crippen molar-refractivity contribution in [2.24, 2.45) is 0 Å². The summed E-state index contributed by atoms with van der Waals surface area (Å²) in [5, 5.41) is 3.48. The summed E-state index contributed by atoms with van der Waals surface area (Å²) in [6.45, 7) is 5.85. The molecule has 1 fully saturated rings. The Morgan fingerprint density at radius 1 is 1.41 bits per heavy atom. The first-order chi connectivity index (χ1) is 8.28. The number of likely N-dealkylation sites (tertiary alicyclic amines) is 1. The fourth-order valence-electron chi connectivity index (χ4n) is 2.24. The van der Waals surface area contributed by atoms with Crippen LogP contribution in [0.2, 0.25) is 0 Å². The lowest BCUT2D eigenvalue weighted by atomic mass is 10.0. The molecule has 94 valence electrons. The van der Waals surface area contributed by atoms with Crippen LogP contribution in [0.5, 0.6) is 0 Å². The van der Waals surface area contributed by atoms with Crippen molar-refractivity contribution in [1.29, 1.82) is 0 Å². The first-order valence-corrected chi connectivity index (χ1v) is 7.03. The number of anilines is 1. The van der Waals surface area contributed by atoms with Crippen molar-refractivity contribution in [3.05, 3.63) is 17.0 Å². The monoisotopic (exact) mass is 298 g/mol. The van der Waals surface area contributed by atoms with Gasteiger partial charge in [-0.15, -0.1) is 0 Å². The molecule has 2 heterocycles. The van der Waals surface area contributed by atoms with Crippen molar-refractivity contribution in [3.63, 3.8) is 0 Å². The highest BCUT2D eigenvalue weighted by Gasteiger charge is 2.18. The fourth-order valence-corrected chi connectivity index (χ4v) is 2.55. The van der Waals surface area contributed by atoms with Crippen LogP contribution in [0.15, 0.2) is 17.0 Å². The van der Waals surface area contributed by atoms with Gasteiger partial charge in [-0.25, -0.2) is 9.97 Å². The van der Waals surface area contributed by atoms with E-state index in [1.807, 2.05) is 6.07 Å². The van der Waals surface area contributed by atoms with E-state index in [2.05, 4.69) is 43.0 Å². The van der Waals surface area contributed by atoms with Gasteiger partial charge in [0.1, 0.15) is 16.7 Å². The molecular formula is C12H19BrN4. The Balaban J connectivity index is 1.82. The molecule has 0 atom stereocenters. The van der Waals surface area contributed by atoms with Crippen LogP contribution in [0, 0.1) is 0 Å². The summed E-state index contributed by atoms with van der Waals surface area (Å²) < 4.78 is 0.832. The molecule has 1 aliphatic rings. The van der Waals surface area contributed by atoms with Gasteiger partial charge in [-0.05, 0) is 41.7 Å². The number of aromatic nitrogens is 2. The molecule has 0 radical (unpaired) electrons. The normalized spacial score (nSPS) is 18.2. The van der Waals surface area contributed by atoms with Crippen molar-refractivity contribution in [2.75, 3.05) is 25.0 Å². The quantitative estimate of drug-likeness (QED) is 0.867. The van der Waals surface area contributed by atoms with E-state index in [1.54, 1.807) is 6.33 Å². The lowest BCUT2D eigenvalue weighted by Crippen LogP contribution is -2.39. The van der Waals surface area contributed by atoms with E-state index in [0.717, 1.165) is 10.4 Å². The standard InChI is InChI=1S/C12H19BrN4/c1-2-5-17-6-3-10(4-7-17)16-12-8-11(13)14-9-15-12/h8-10H,2-7H2,1H3,(H,14,15,16). The van der Waals surface area contributed by atoms with Crippen LogP contribution in [-0.2, 0) is 0 Å². The van der Waals surface area contributed by atoms with Crippen molar-refractivity contribution in [3.8, 4) is 0 Å². The highest BCUT2D eigenvalue weighted by Crippen LogP contribution is 2.16. The van der Waals surface area contributed by atoms with Crippen LogP contribution in [-0.4, -0.2) is 40.5 Å². The molecule has 0 spiro atoms. The molecule has 0 amide bonds. The third kappa shape index (κ3) is 3.92. The largest absolute Gasteiger partial charge is 0.367 e.